The monoisotopic (exact) mass is 301 g/mol. The molecule has 2 aromatic heterocycles. The predicted molar refractivity (Wildman–Crippen MR) is 77.6 cm³/mol. The lowest BCUT2D eigenvalue weighted by Gasteiger charge is -2.32. The summed E-state index contributed by atoms with van der Waals surface area (Å²) in [5.41, 5.74) is -0.511. The van der Waals surface area contributed by atoms with Crippen LogP contribution in [0.4, 0.5) is 0 Å². The summed E-state index contributed by atoms with van der Waals surface area (Å²) in [6.07, 6.45) is 7.84. The molecule has 1 fully saturated rings. The van der Waals surface area contributed by atoms with Gasteiger partial charge < -0.3 is 9.88 Å². The third-order valence-corrected chi connectivity index (χ3v) is 3.76. The number of nitrogens with one attached hydrogen (secondary N) is 2. The van der Waals surface area contributed by atoms with E-state index in [2.05, 4.69) is 19.9 Å². The molecule has 8 heteroatoms. The largest absolute Gasteiger partial charge is 0.338 e. The molecule has 1 amide bonds. The second kappa shape index (κ2) is 5.92. The summed E-state index contributed by atoms with van der Waals surface area (Å²) in [6, 6.07) is 0. The normalized spacial score (nSPS) is 18.2. The molecule has 0 aliphatic carbocycles. The maximum absolute atomic E-state index is 12.5. The number of H-pyrrole nitrogens is 2. The van der Waals surface area contributed by atoms with Crippen molar-refractivity contribution < 1.29 is 4.79 Å². The number of nitrogens with zero attached hydrogens (tertiary/aromatic N) is 3. The molecule has 1 aliphatic rings. The van der Waals surface area contributed by atoms with Crippen molar-refractivity contribution >= 4 is 5.91 Å². The van der Waals surface area contributed by atoms with Crippen molar-refractivity contribution in [3.05, 3.63) is 56.9 Å². The lowest BCUT2D eigenvalue weighted by Crippen LogP contribution is -2.42. The first-order chi connectivity index (χ1) is 10.6. The van der Waals surface area contributed by atoms with E-state index in [0.29, 0.717) is 13.1 Å². The first-order valence-corrected chi connectivity index (χ1v) is 7.02. The van der Waals surface area contributed by atoms with E-state index in [-0.39, 0.29) is 17.4 Å². The molecule has 0 radical (unpaired) electrons. The van der Waals surface area contributed by atoms with Crippen molar-refractivity contribution in [2.24, 2.45) is 0 Å². The maximum Gasteiger partial charge on any atom is 0.325 e. The summed E-state index contributed by atoms with van der Waals surface area (Å²) in [5.74, 6) is -0.278. The third-order valence-electron chi connectivity index (χ3n) is 3.76. The molecular formula is C14H15N5O3. The molecule has 0 spiro atoms. The van der Waals surface area contributed by atoms with Crippen LogP contribution in [0.1, 0.15) is 34.8 Å². The zero-order valence-corrected chi connectivity index (χ0v) is 11.8. The second-order valence-corrected chi connectivity index (χ2v) is 5.21. The van der Waals surface area contributed by atoms with Crippen LogP contribution in [0.25, 0.3) is 0 Å². The molecule has 0 bridgehead atoms. The lowest BCUT2D eigenvalue weighted by atomic mass is 9.94. The van der Waals surface area contributed by atoms with E-state index in [1.807, 2.05) is 0 Å². The van der Waals surface area contributed by atoms with Gasteiger partial charge in [-0.1, -0.05) is 0 Å². The molecule has 3 rings (SSSR count). The summed E-state index contributed by atoms with van der Waals surface area (Å²) in [7, 11) is 0. The van der Waals surface area contributed by atoms with Crippen LogP contribution in [0.3, 0.4) is 0 Å². The number of likely N-dealkylation sites (tertiary alicyclic amines) is 1. The minimum atomic E-state index is -0.671. The van der Waals surface area contributed by atoms with Crippen LogP contribution >= 0.6 is 0 Å². The fourth-order valence-electron chi connectivity index (χ4n) is 2.66. The number of piperidine rings is 1. The van der Waals surface area contributed by atoms with Crippen LogP contribution in [0, 0.1) is 0 Å². The topological polar surface area (TPSA) is 112 Å². The van der Waals surface area contributed by atoms with Gasteiger partial charge in [-0.15, -0.1) is 0 Å². The summed E-state index contributed by atoms with van der Waals surface area (Å²) in [4.78, 5) is 49.6. The lowest BCUT2D eigenvalue weighted by molar-refractivity contribution is 0.0703. The number of hydrogen-bond acceptors (Lipinski definition) is 5. The minimum Gasteiger partial charge on any atom is -0.338 e. The third kappa shape index (κ3) is 2.80. The number of amides is 1. The van der Waals surface area contributed by atoms with Crippen LogP contribution in [-0.2, 0) is 0 Å². The van der Waals surface area contributed by atoms with E-state index in [1.54, 1.807) is 23.5 Å². The highest BCUT2D eigenvalue weighted by molar-refractivity contribution is 5.93. The number of aromatic nitrogens is 4. The number of rotatable bonds is 2. The van der Waals surface area contributed by atoms with Gasteiger partial charge in [0.2, 0.25) is 0 Å². The second-order valence-electron chi connectivity index (χ2n) is 5.21. The van der Waals surface area contributed by atoms with Gasteiger partial charge in [0.15, 0.2) is 0 Å². The Morgan fingerprint density at radius 3 is 2.91 bits per heavy atom. The van der Waals surface area contributed by atoms with Gasteiger partial charge in [0, 0.05) is 43.8 Å². The van der Waals surface area contributed by atoms with Gasteiger partial charge in [-0.2, -0.15) is 0 Å². The molecule has 0 aromatic carbocycles. The summed E-state index contributed by atoms with van der Waals surface area (Å²) < 4.78 is 0. The van der Waals surface area contributed by atoms with Gasteiger partial charge >= 0.3 is 5.69 Å². The number of hydrogen-bond donors (Lipinski definition) is 2. The molecule has 1 atom stereocenters. The smallest absolute Gasteiger partial charge is 0.325 e. The zero-order valence-electron chi connectivity index (χ0n) is 11.8. The summed E-state index contributed by atoms with van der Waals surface area (Å²) in [6.45, 7) is 1.06. The molecule has 0 saturated carbocycles. The Kier molecular flexibility index (Phi) is 3.82. The van der Waals surface area contributed by atoms with E-state index in [9.17, 15) is 14.4 Å². The Labute approximate surface area is 125 Å². The van der Waals surface area contributed by atoms with Crippen LogP contribution in [0.2, 0.25) is 0 Å². The number of aromatic amines is 2. The Hall–Kier alpha value is -2.77. The van der Waals surface area contributed by atoms with Gasteiger partial charge in [0.25, 0.3) is 11.5 Å². The van der Waals surface area contributed by atoms with Crippen molar-refractivity contribution in [3.63, 3.8) is 0 Å². The van der Waals surface area contributed by atoms with Crippen molar-refractivity contribution in [3.8, 4) is 0 Å². The first-order valence-electron chi connectivity index (χ1n) is 7.02. The van der Waals surface area contributed by atoms with Crippen LogP contribution in [0.5, 0.6) is 0 Å². The minimum absolute atomic E-state index is 0.0561. The molecule has 1 aliphatic heterocycles. The van der Waals surface area contributed by atoms with Crippen molar-refractivity contribution in [2.45, 2.75) is 18.8 Å². The average molecular weight is 301 g/mol. The average Bonchev–Trinajstić information content (AvgIpc) is 2.55. The molecular weight excluding hydrogens is 286 g/mol. The molecule has 114 valence electrons. The SMILES string of the molecule is O=C(c1c[nH]c(=O)[nH]c1=O)N1CCC[C@H](c2cnccn2)C1. The highest BCUT2D eigenvalue weighted by Gasteiger charge is 2.27. The Balaban J connectivity index is 1.81. The van der Waals surface area contributed by atoms with E-state index >= 15 is 0 Å². The summed E-state index contributed by atoms with van der Waals surface area (Å²) >= 11 is 0. The molecule has 8 nitrogen and oxygen atoms in total. The van der Waals surface area contributed by atoms with Gasteiger partial charge in [0.1, 0.15) is 5.56 Å². The van der Waals surface area contributed by atoms with Gasteiger partial charge in [-0.3, -0.25) is 24.5 Å². The zero-order chi connectivity index (χ0) is 15.5. The van der Waals surface area contributed by atoms with Crippen molar-refractivity contribution in [1.29, 1.82) is 0 Å². The molecule has 2 aromatic rings. The summed E-state index contributed by atoms with van der Waals surface area (Å²) in [5, 5.41) is 0. The first kappa shape index (κ1) is 14.2. The van der Waals surface area contributed by atoms with E-state index in [1.165, 1.54) is 0 Å². The van der Waals surface area contributed by atoms with E-state index in [0.717, 1.165) is 24.7 Å². The Bertz CT molecular complexity index is 783. The Morgan fingerprint density at radius 1 is 1.32 bits per heavy atom. The van der Waals surface area contributed by atoms with Gasteiger partial charge in [-0.25, -0.2) is 4.79 Å². The van der Waals surface area contributed by atoms with Crippen molar-refractivity contribution in [1.82, 2.24) is 24.8 Å². The van der Waals surface area contributed by atoms with Crippen molar-refractivity contribution in [2.75, 3.05) is 13.1 Å². The molecule has 3 heterocycles. The number of carbonyl (C=O) groups is 1. The Morgan fingerprint density at radius 2 is 2.18 bits per heavy atom. The van der Waals surface area contributed by atoms with E-state index in [4.69, 9.17) is 0 Å². The fourth-order valence-corrected chi connectivity index (χ4v) is 2.66. The molecule has 1 saturated heterocycles. The standard InChI is InChI=1S/C14H15N5O3/c20-12-10(6-17-14(22)18-12)13(21)19-5-1-2-9(8-19)11-7-15-3-4-16-11/h3-4,6-7,9H,1-2,5,8H2,(H2,17,18,20,22)/t9-/m0/s1. The van der Waals surface area contributed by atoms with Gasteiger partial charge in [0.05, 0.1) is 5.69 Å². The maximum atomic E-state index is 12.5. The van der Waals surface area contributed by atoms with Crippen LogP contribution in [0.15, 0.2) is 34.4 Å². The highest BCUT2D eigenvalue weighted by Crippen LogP contribution is 2.25. The van der Waals surface area contributed by atoms with Crippen LogP contribution < -0.4 is 11.2 Å². The number of carbonyl (C=O) groups excluding carboxylic acids is 1. The quantitative estimate of drug-likeness (QED) is 0.802. The molecule has 22 heavy (non-hydrogen) atoms. The predicted octanol–water partition coefficient (Wildman–Crippen LogP) is -0.127. The van der Waals surface area contributed by atoms with E-state index < -0.39 is 11.2 Å². The van der Waals surface area contributed by atoms with Gasteiger partial charge in [-0.05, 0) is 12.8 Å². The fraction of sp³-hybridized carbons (Fsp3) is 0.357. The highest BCUT2D eigenvalue weighted by atomic mass is 16.2. The molecule has 2 N–H and O–H groups in total. The van der Waals surface area contributed by atoms with Crippen LogP contribution in [-0.4, -0.2) is 43.8 Å². The molecule has 0 unspecified atom stereocenters.